The summed E-state index contributed by atoms with van der Waals surface area (Å²) in [6, 6.07) is 6.90. The van der Waals surface area contributed by atoms with Crippen LogP contribution in [0.2, 0.25) is 0 Å². The van der Waals surface area contributed by atoms with Crippen LogP contribution in [-0.2, 0) is 20.8 Å². The number of aliphatic carboxylic acids is 1. The molecule has 2 rings (SSSR count). The standard InChI is InChI=1S/C17H23N3O4.ClH/c1-2-12-6-3-4-7-13(12)19-15(21)10-18-16(22)11-20-9-5-8-14(20)17(23)24;/h3-4,6-7,14H,2,5,8-11H2,1H3,(H,18,22)(H,19,21)(H,23,24);1H/t14-;/m0./s1. The Balaban J connectivity index is 0.00000312. The smallest absolute Gasteiger partial charge is 0.320 e. The third kappa shape index (κ3) is 6.03. The van der Waals surface area contributed by atoms with Gasteiger partial charge < -0.3 is 15.7 Å². The van der Waals surface area contributed by atoms with E-state index in [1.807, 2.05) is 31.2 Å². The monoisotopic (exact) mass is 369 g/mol. The average molecular weight is 370 g/mol. The highest BCUT2D eigenvalue weighted by Gasteiger charge is 2.31. The molecule has 1 fully saturated rings. The lowest BCUT2D eigenvalue weighted by atomic mass is 10.1. The third-order valence-corrected chi connectivity index (χ3v) is 4.11. The fourth-order valence-corrected chi connectivity index (χ4v) is 2.86. The van der Waals surface area contributed by atoms with Gasteiger partial charge in [0.05, 0.1) is 13.1 Å². The number of carbonyl (C=O) groups excluding carboxylic acids is 2. The van der Waals surface area contributed by atoms with E-state index in [2.05, 4.69) is 10.6 Å². The normalized spacial score (nSPS) is 16.8. The average Bonchev–Trinajstić information content (AvgIpc) is 3.02. The number of aryl methyl sites for hydroxylation is 1. The SMILES string of the molecule is CCc1ccccc1NC(=O)CNC(=O)CN1CCC[C@H]1C(=O)O.Cl. The lowest BCUT2D eigenvalue weighted by Crippen LogP contribution is -2.44. The molecule has 138 valence electrons. The van der Waals surface area contributed by atoms with Crippen LogP contribution in [0, 0.1) is 0 Å². The number of benzene rings is 1. The zero-order chi connectivity index (χ0) is 17.5. The van der Waals surface area contributed by atoms with E-state index in [1.54, 1.807) is 4.90 Å². The number of amides is 2. The van der Waals surface area contributed by atoms with Crippen molar-refractivity contribution in [2.75, 3.05) is 25.0 Å². The summed E-state index contributed by atoms with van der Waals surface area (Å²) < 4.78 is 0. The molecule has 1 aromatic carbocycles. The van der Waals surface area contributed by atoms with E-state index < -0.39 is 12.0 Å². The minimum Gasteiger partial charge on any atom is -0.480 e. The van der Waals surface area contributed by atoms with Crippen LogP contribution < -0.4 is 10.6 Å². The Morgan fingerprint density at radius 2 is 1.96 bits per heavy atom. The van der Waals surface area contributed by atoms with Gasteiger partial charge in [0.1, 0.15) is 6.04 Å². The van der Waals surface area contributed by atoms with Gasteiger partial charge in [0.2, 0.25) is 11.8 Å². The summed E-state index contributed by atoms with van der Waals surface area (Å²) in [5.74, 6) is -1.56. The Labute approximate surface area is 153 Å². The van der Waals surface area contributed by atoms with Crippen molar-refractivity contribution in [3.8, 4) is 0 Å². The number of hydrogen-bond acceptors (Lipinski definition) is 4. The summed E-state index contributed by atoms with van der Waals surface area (Å²) in [7, 11) is 0. The van der Waals surface area contributed by atoms with Crippen LogP contribution >= 0.6 is 12.4 Å². The van der Waals surface area contributed by atoms with Crippen LogP contribution in [0.25, 0.3) is 0 Å². The van der Waals surface area contributed by atoms with Crippen LogP contribution in [0.5, 0.6) is 0 Å². The first-order chi connectivity index (χ1) is 11.5. The number of carboxylic acids is 1. The number of rotatable bonds is 7. The molecule has 0 aromatic heterocycles. The highest BCUT2D eigenvalue weighted by Crippen LogP contribution is 2.17. The van der Waals surface area contributed by atoms with Gasteiger partial charge in [-0.15, -0.1) is 12.4 Å². The van der Waals surface area contributed by atoms with Gasteiger partial charge in [0.25, 0.3) is 0 Å². The number of carbonyl (C=O) groups is 3. The predicted molar refractivity (Wildman–Crippen MR) is 96.9 cm³/mol. The third-order valence-electron chi connectivity index (χ3n) is 4.11. The molecule has 1 heterocycles. The Bertz CT molecular complexity index is 624. The van der Waals surface area contributed by atoms with Crippen molar-refractivity contribution in [2.45, 2.75) is 32.2 Å². The molecular weight excluding hydrogens is 346 g/mol. The first-order valence-corrected chi connectivity index (χ1v) is 8.12. The molecule has 3 N–H and O–H groups in total. The predicted octanol–water partition coefficient (Wildman–Crippen LogP) is 1.27. The lowest BCUT2D eigenvalue weighted by Gasteiger charge is -2.20. The highest BCUT2D eigenvalue weighted by atomic mass is 35.5. The van der Waals surface area contributed by atoms with Crippen LogP contribution in [0.4, 0.5) is 5.69 Å². The number of nitrogens with zero attached hydrogens (tertiary/aromatic N) is 1. The molecule has 0 bridgehead atoms. The molecule has 0 aliphatic carbocycles. The molecule has 0 unspecified atom stereocenters. The molecule has 1 atom stereocenters. The topological polar surface area (TPSA) is 98.7 Å². The van der Waals surface area contributed by atoms with Crippen LogP contribution in [-0.4, -0.2) is 53.5 Å². The molecule has 1 aliphatic rings. The highest BCUT2D eigenvalue weighted by molar-refractivity contribution is 5.95. The van der Waals surface area contributed by atoms with E-state index in [-0.39, 0.29) is 37.3 Å². The maximum atomic E-state index is 12.0. The van der Waals surface area contributed by atoms with Crippen LogP contribution in [0.3, 0.4) is 0 Å². The van der Waals surface area contributed by atoms with Gasteiger partial charge >= 0.3 is 5.97 Å². The lowest BCUT2D eigenvalue weighted by molar-refractivity contribution is -0.142. The molecule has 0 spiro atoms. The van der Waals surface area contributed by atoms with Crippen molar-refractivity contribution in [3.05, 3.63) is 29.8 Å². The minimum absolute atomic E-state index is 0. The van der Waals surface area contributed by atoms with E-state index in [4.69, 9.17) is 5.11 Å². The van der Waals surface area contributed by atoms with Crippen molar-refractivity contribution >= 4 is 35.9 Å². The van der Waals surface area contributed by atoms with Crippen molar-refractivity contribution in [2.24, 2.45) is 0 Å². The number of hydrogen-bond donors (Lipinski definition) is 3. The number of likely N-dealkylation sites (tertiary alicyclic amines) is 1. The van der Waals surface area contributed by atoms with E-state index in [0.717, 1.165) is 24.1 Å². The summed E-state index contributed by atoms with van der Waals surface area (Å²) in [6.45, 7) is 2.44. The van der Waals surface area contributed by atoms with Gasteiger partial charge in [-0.25, -0.2) is 0 Å². The van der Waals surface area contributed by atoms with Gasteiger partial charge in [-0.05, 0) is 37.4 Å². The molecule has 0 saturated carbocycles. The molecule has 8 heteroatoms. The van der Waals surface area contributed by atoms with Gasteiger partial charge in [-0.1, -0.05) is 25.1 Å². The number of anilines is 1. The quantitative estimate of drug-likeness (QED) is 0.672. The molecule has 2 amide bonds. The van der Waals surface area contributed by atoms with E-state index >= 15 is 0 Å². The van der Waals surface area contributed by atoms with Crippen molar-refractivity contribution < 1.29 is 19.5 Å². The molecule has 0 radical (unpaired) electrons. The number of nitrogens with one attached hydrogen (secondary N) is 2. The fraction of sp³-hybridized carbons (Fsp3) is 0.471. The number of carboxylic acid groups (broad SMARTS) is 1. The molecule has 25 heavy (non-hydrogen) atoms. The largest absolute Gasteiger partial charge is 0.480 e. The maximum absolute atomic E-state index is 12.0. The first kappa shape index (κ1) is 20.9. The number of para-hydroxylation sites is 1. The first-order valence-electron chi connectivity index (χ1n) is 8.12. The van der Waals surface area contributed by atoms with E-state index in [0.29, 0.717) is 13.0 Å². The Morgan fingerprint density at radius 3 is 2.64 bits per heavy atom. The molecule has 1 aliphatic heterocycles. The Kier molecular flexibility index (Phi) is 8.37. The fourth-order valence-electron chi connectivity index (χ4n) is 2.86. The van der Waals surface area contributed by atoms with Crippen molar-refractivity contribution in [1.29, 1.82) is 0 Å². The van der Waals surface area contributed by atoms with Gasteiger partial charge in [0, 0.05) is 5.69 Å². The Morgan fingerprint density at radius 1 is 1.24 bits per heavy atom. The summed E-state index contributed by atoms with van der Waals surface area (Å²) >= 11 is 0. The second kappa shape index (κ2) is 10.0. The minimum atomic E-state index is -0.908. The summed E-state index contributed by atoms with van der Waals surface area (Å²) in [5, 5.41) is 14.4. The molecule has 1 saturated heterocycles. The summed E-state index contributed by atoms with van der Waals surface area (Å²) in [5.41, 5.74) is 1.77. The van der Waals surface area contributed by atoms with Crippen LogP contribution in [0.15, 0.2) is 24.3 Å². The van der Waals surface area contributed by atoms with E-state index in [1.165, 1.54) is 0 Å². The van der Waals surface area contributed by atoms with Crippen molar-refractivity contribution in [3.63, 3.8) is 0 Å². The summed E-state index contributed by atoms with van der Waals surface area (Å²) in [6.07, 6.45) is 2.11. The van der Waals surface area contributed by atoms with Gasteiger partial charge in [-0.2, -0.15) is 0 Å². The number of halogens is 1. The van der Waals surface area contributed by atoms with Gasteiger partial charge in [0.15, 0.2) is 0 Å². The Hall–Kier alpha value is -2.12. The van der Waals surface area contributed by atoms with Crippen molar-refractivity contribution in [1.82, 2.24) is 10.2 Å². The zero-order valence-corrected chi connectivity index (χ0v) is 15.0. The molecule has 1 aromatic rings. The second-order valence-electron chi connectivity index (χ2n) is 5.80. The van der Waals surface area contributed by atoms with Gasteiger partial charge in [-0.3, -0.25) is 19.3 Å². The second-order valence-corrected chi connectivity index (χ2v) is 5.80. The summed E-state index contributed by atoms with van der Waals surface area (Å²) in [4.78, 5) is 36.6. The zero-order valence-electron chi connectivity index (χ0n) is 14.2. The molecule has 7 nitrogen and oxygen atoms in total. The van der Waals surface area contributed by atoms with E-state index in [9.17, 15) is 14.4 Å². The molecular formula is C17H24ClN3O4. The maximum Gasteiger partial charge on any atom is 0.320 e. The van der Waals surface area contributed by atoms with Crippen LogP contribution in [0.1, 0.15) is 25.3 Å².